The first-order chi connectivity index (χ1) is 10.3. The van der Waals surface area contributed by atoms with Gasteiger partial charge in [-0.2, -0.15) is 0 Å². The maximum Gasteiger partial charge on any atom is 0.0401 e. The van der Waals surface area contributed by atoms with Crippen molar-refractivity contribution in [2.75, 3.05) is 18.0 Å². The van der Waals surface area contributed by atoms with Gasteiger partial charge in [0.05, 0.1) is 0 Å². The lowest BCUT2D eigenvalue weighted by atomic mass is 9.86. The minimum absolute atomic E-state index is 0. The number of unbranched alkanes of at least 4 members (excludes halogenated alkanes) is 1. The highest BCUT2D eigenvalue weighted by molar-refractivity contribution is 5.85. The van der Waals surface area contributed by atoms with Crippen molar-refractivity contribution < 1.29 is 0 Å². The number of nitrogens with zero attached hydrogens (tertiary/aromatic N) is 1. The third-order valence-corrected chi connectivity index (χ3v) is 5.43. The van der Waals surface area contributed by atoms with E-state index < -0.39 is 0 Å². The number of piperidine rings is 1. The highest BCUT2D eigenvalue weighted by Crippen LogP contribution is 2.33. The van der Waals surface area contributed by atoms with Crippen LogP contribution in [0, 0.1) is 5.92 Å². The molecule has 1 aliphatic carbocycles. The number of fused-ring (bicyclic) bond motifs is 1. The van der Waals surface area contributed by atoms with Crippen LogP contribution in [0.1, 0.15) is 56.6 Å². The summed E-state index contributed by atoms with van der Waals surface area (Å²) in [5, 5.41) is 0. The summed E-state index contributed by atoms with van der Waals surface area (Å²) in [4.78, 5) is 2.63. The smallest absolute Gasteiger partial charge is 0.0401 e. The second kappa shape index (κ2) is 8.21. The summed E-state index contributed by atoms with van der Waals surface area (Å²) >= 11 is 0. The Kier molecular flexibility index (Phi) is 6.58. The molecule has 1 aromatic carbocycles. The van der Waals surface area contributed by atoms with Crippen molar-refractivity contribution in [1.82, 2.24) is 0 Å². The van der Waals surface area contributed by atoms with Gasteiger partial charge in [-0.3, -0.25) is 0 Å². The van der Waals surface area contributed by atoms with E-state index >= 15 is 0 Å². The summed E-state index contributed by atoms with van der Waals surface area (Å²) < 4.78 is 0. The Morgan fingerprint density at radius 1 is 1.23 bits per heavy atom. The van der Waals surface area contributed by atoms with Gasteiger partial charge in [0.2, 0.25) is 0 Å². The van der Waals surface area contributed by atoms with Crippen molar-refractivity contribution in [3.05, 3.63) is 29.3 Å². The Morgan fingerprint density at radius 2 is 2.05 bits per heavy atom. The summed E-state index contributed by atoms with van der Waals surface area (Å²) in [6.07, 6.45) is 10.3. The Labute approximate surface area is 141 Å². The first-order valence-corrected chi connectivity index (χ1v) is 8.91. The first-order valence-electron chi connectivity index (χ1n) is 8.91. The summed E-state index contributed by atoms with van der Waals surface area (Å²) in [5.41, 5.74) is 11.1. The molecule has 1 heterocycles. The second-order valence-corrected chi connectivity index (χ2v) is 6.92. The quantitative estimate of drug-likeness (QED) is 0.894. The number of aryl methyl sites for hydroxylation is 1. The number of rotatable bonds is 4. The van der Waals surface area contributed by atoms with Crippen LogP contribution in [0.25, 0.3) is 0 Å². The van der Waals surface area contributed by atoms with E-state index in [1.54, 1.807) is 11.1 Å². The van der Waals surface area contributed by atoms with Gasteiger partial charge in [-0.25, -0.2) is 0 Å². The third-order valence-electron chi connectivity index (χ3n) is 5.43. The lowest BCUT2D eigenvalue weighted by Crippen LogP contribution is -2.47. The monoisotopic (exact) mass is 322 g/mol. The molecular formula is C19H31ClN2. The van der Waals surface area contributed by atoms with Gasteiger partial charge in [0.25, 0.3) is 0 Å². The van der Waals surface area contributed by atoms with E-state index in [0.717, 1.165) is 19.5 Å². The van der Waals surface area contributed by atoms with Gasteiger partial charge in [-0.1, -0.05) is 31.9 Å². The molecule has 3 heteroatoms. The highest BCUT2D eigenvalue weighted by Gasteiger charge is 2.28. The van der Waals surface area contributed by atoms with Crippen LogP contribution in [0.2, 0.25) is 0 Å². The molecule has 2 N–H and O–H groups in total. The zero-order chi connectivity index (χ0) is 14.7. The molecule has 0 saturated carbocycles. The van der Waals surface area contributed by atoms with Crippen molar-refractivity contribution >= 4 is 18.1 Å². The fourth-order valence-corrected chi connectivity index (χ4v) is 4.10. The molecule has 3 rings (SSSR count). The highest BCUT2D eigenvalue weighted by atomic mass is 35.5. The maximum absolute atomic E-state index is 6.37. The number of benzene rings is 1. The van der Waals surface area contributed by atoms with Crippen LogP contribution >= 0.6 is 12.4 Å². The van der Waals surface area contributed by atoms with Gasteiger partial charge in [-0.05, 0) is 61.6 Å². The number of halogens is 1. The molecule has 124 valence electrons. The standard InChI is InChI=1S/C19H30N2.ClH/c1-2-3-7-16-14-21(13-12-18(16)20)19-11-6-9-15-8-4-5-10-17(15)19;/h6,9,11,16,18H,2-5,7-8,10,12-14,20H2,1H3;1H/t16-,18-;/m0./s1. The van der Waals surface area contributed by atoms with E-state index in [1.807, 2.05) is 0 Å². The molecule has 2 atom stereocenters. The molecule has 1 aromatic rings. The molecule has 2 aliphatic rings. The van der Waals surface area contributed by atoms with Crippen molar-refractivity contribution in [3.63, 3.8) is 0 Å². The average molecular weight is 323 g/mol. The van der Waals surface area contributed by atoms with Crippen LogP contribution in [0.15, 0.2) is 18.2 Å². The van der Waals surface area contributed by atoms with Gasteiger partial charge in [0, 0.05) is 24.8 Å². The molecule has 0 bridgehead atoms. The van der Waals surface area contributed by atoms with Crippen LogP contribution in [-0.4, -0.2) is 19.1 Å². The molecule has 22 heavy (non-hydrogen) atoms. The minimum atomic E-state index is 0. The topological polar surface area (TPSA) is 29.3 Å². The number of hydrogen-bond acceptors (Lipinski definition) is 2. The summed E-state index contributed by atoms with van der Waals surface area (Å²) in [6, 6.07) is 7.35. The van der Waals surface area contributed by atoms with E-state index in [0.29, 0.717) is 12.0 Å². The Morgan fingerprint density at radius 3 is 2.86 bits per heavy atom. The van der Waals surface area contributed by atoms with Crippen LogP contribution in [0.3, 0.4) is 0 Å². The van der Waals surface area contributed by atoms with E-state index in [2.05, 4.69) is 30.0 Å². The molecule has 1 aliphatic heterocycles. The SMILES string of the molecule is CCCC[C@H]1CN(c2cccc3c2CCCC3)CC[C@@H]1N.Cl. The summed E-state index contributed by atoms with van der Waals surface area (Å²) in [6.45, 7) is 4.58. The number of anilines is 1. The summed E-state index contributed by atoms with van der Waals surface area (Å²) in [5.74, 6) is 0.679. The lowest BCUT2D eigenvalue weighted by Gasteiger charge is -2.40. The normalized spacial score (nSPS) is 24.5. The Hall–Kier alpha value is -0.730. The van der Waals surface area contributed by atoms with Gasteiger partial charge in [0.1, 0.15) is 0 Å². The molecule has 0 spiro atoms. The largest absolute Gasteiger partial charge is 0.371 e. The minimum Gasteiger partial charge on any atom is -0.371 e. The second-order valence-electron chi connectivity index (χ2n) is 6.92. The van der Waals surface area contributed by atoms with Gasteiger partial charge < -0.3 is 10.6 Å². The van der Waals surface area contributed by atoms with Crippen molar-refractivity contribution in [2.24, 2.45) is 11.7 Å². The van der Waals surface area contributed by atoms with Crippen molar-refractivity contribution in [1.29, 1.82) is 0 Å². The third kappa shape index (κ3) is 3.78. The van der Waals surface area contributed by atoms with Crippen molar-refractivity contribution in [2.45, 2.75) is 64.3 Å². The fourth-order valence-electron chi connectivity index (χ4n) is 4.10. The molecular weight excluding hydrogens is 292 g/mol. The van der Waals surface area contributed by atoms with E-state index in [4.69, 9.17) is 5.73 Å². The van der Waals surface area contributed by atoms with Crippen LogP contribution in [0.4, 0.5) is 5.69 Å². The van der Waals surface area contributed by atoms with E-state index in [9.17, 15) is 0 Å². The molecule has 0 unspecified atom stereocenters. The Bertz CT molecular complexity index is 475. The van der Waals surface area contributed by atoms with E-state index in [1.165, 1.54) is 50.6 Å². The van der Waals surface area contributed by atoms with Crippen molar-refractivity contribution in [3.8, 4) is 0 Å². The van der Waals surface area contributed by atoms with Gasteiger partial charge in [-0.15, -0.1) is 12.4 Å². The zero-order valence-corrected chi connectivity index (χ0v) is 14.7. The first kappa shape index (κ1) is 17.6. The fraction of sp³-hybridized carbons (Fsp3) is 0.684. The molecule has 0 aromatic heterocycles. The van der Waals surface area contributed by atoms with Gasteiger partial charge in [0.15, 0.2) is 0 Å². The molecule has 1 saturated heterocycles. The molecule has 0 radical (unpaired) electrons. The number of hydrogen-bond donors (Lipinski definition) is 1. The number of nitrogens with two attached hydrogens (primary N) is 1. The van der Waals surface area contributed by atoms with Crippen LogP contribution in [0.5, 0.6) is 0 Å². The summed E-state index contributed by atoms with van der Waals surface area (Å²) in [7, 11) is 0. The van der Waals surface area contributed by atoms with Crippen LogP contribution < -0.4 is 10.6 Å². The van der Waals surface area contributed by atoms with E-state index in [-0.39, 0.29) is 12.4 Å². The zero-order valence-electron chi connectivity index (χ0n) is 13.9. The van der Waals surface area contributed by atoms with Gasteiger partial charge >= 0.3 is 0 Å². The predicted molar refractivity (Wildman–Crippen MR) is 98.2 cm³/mol. The van der Waals surface area contributed by atoms with Crippen LogP contribution in [-0.2, 0) is 12.8 Å². The maximum atomic E-state index is 6.37. The molecule has 0 amide bonds. The molecule has 2 nitrogen and oxygen atoms in total. The predicted octanol–water partition coefficient (Wildman–Crippen LogP) is 4.33. The lowest BCUT2D eigenvalue weighted by molar-refractivity contribution is 0.330. The Balaban J connectivity index is 0.00000176. The molecule has 1 fully saturated rings. The average Bonchev–Trinajstić information content (AvgIpc) is 2.54.